The molecule has 128 valence electrons. The van der Waals surface area contributed by atoms with Crippen LogP contribution in [0.25, 0.3) is 0 Å². The number of urea groups is 1. The van der Waals surface area contributed by atoms with Crippen molar-refractivity contribution in [1.82, 2.24) is 10.2 Å². The molecule has 1 fully saturated rings. The quantitative estimate of drug-likeness (QED) is 0.552. The Morgan fingerprint density at radius 3 is 2.45 bits per heavy atom. The van der Waals surface area contributed by atoms with Crippen molar-refractivity contribution in [3.8, 4) is 0 Å². The van der Waals surface area contributed by atoms with E-state index in [1.54, 1.807) is 0 Å². The number of nitrogens with zero attached hydrogens (tertiary/aromatic N) is 1. The molecule has 2 amide bonds. The Balaban J connectivity index is 2.23. The number of carbonyl (C=O) groups is 2. The molecule has 0 aromatic carbocycles. The molecule has 1 aliphatic heterocycles. The second-order valence-corrected chi connectivity index (χ2v) is 6.21. The summed E-state index contributed by atoms with van der Waals surface area (Å²) in [6.45, 7) is 7.79. The highest BCUT2D eigenvalue weighted by Crippen LogP contribution is 2.19. The second kappa shape index (κ2) is 10.5. The molecule has 1 saturated heterocycles. The van der Waals surface area contributed by atoms with Gasteiger partial charge < -0.3 is 15.0 Å². The van der Waals surface area contributed by atoms with Crippen molar-refractivity contribution in [2.24, 2.45) is 5.92 Å². The zero-order chi connectivity index (χ0) is 16.4. The summed E-state index contributed by atoms with van der Waals surface area (Å²) < 4.78 is 5.05. The molecule has 0 aromatic rings. The van der Waals surface area contributed by atoms with Gasteiger partial charge in [-0.25, -0.2) is 4.79 Å². The molecule has 1 aliphatic rings. The molecule has 0 saturated carbocycles. The van der Waals surface area contributed by atoms with Crippen LogP contribution < -0.4 is 5.32 Å². The fourth-order valence-electron chi connectivity index (χ4n) is 2.83. The maximum Gasteiger partial charge on any atom is 0.317 e. The predicted octanol–water partition coefficient (Wildman–Crippen LogP) is 3.33. The van der Waals surface area contributed by atoms with Gasteiger partial charge in [0.1, 0.15) is 0 Å². The number of rotatable bonds is 8. The van der Waals surface area contributed by atoms with Crippen molar-refractivity contribution in [1.29, 1.82) is 0 Å². The predicted molar refractivity (Wildman–Crippen MR) is 87.7 cm³/mol. The van der Waals surface area contributed by atoms with E-state index >= 15 is 0 Å². The van der Waals surface area contributed by atoms with Crippen LogP contribution in [0.15, 0.2) is 0 Å². The van der Waals surface area contributed by atoms with Gasteiger partial charge in [-0.15, -0.1) is 0 Å². The summed E-state index contributed by atoms with van der Waals surface area (Å²) in [5, 5.41) is 3.07. The Labute approximate surface area is 134 Å². The van der Waals surface area contributed by atoms with Gasteiger partial charge in [0.2, 0.25) is 0 Å². The van der Waals surface area contributed by atoms with Gasteiger partial charge in [-0.05, 0) is 33.1 Å². The number of likely N-dealkylation sites (tertiary alicyclic amines) is 1. The summed E-state index contributed by atoms with van der Waals surface area (Å²) in [4.78, 5) is 25.7. The van der Waals surface area contributed by atoms with Crippen LogP contribution in [0.1, 0.15) is 65.7 Å². The molecule has 1 N–H and O–H groups in total. The third-order valence-electron chi connectivity index (χ3n) is 4.26. The van der Waals surface area contributed by atoms with E-state index in [0.717, 1.165) is 6.42 Å². The minimum atomic E-state index is -0.119. The Kier molecular flexibility index (Phi) is 8.94. The van der Waals surface area contributed by atoms with E-state index in [2.05, 4.69) is 19.2 Å². The lowest BCUT2D eigenvalue weighted by Gasteiger charge is -2.31. The third kappa shape index (κ3) is 6.67. The van der Waals surface area contributed by atoms with E-state index in [4.69, 9.17) is 4.74 Å². The van der Waals surface area contributed by atoms with Gasteiger partial charge in [0.25, 0.3) is 0 Å². The van der Waals surface area contributed by atoms with Crippen LogP contribution in [0.2, 0.25) is 0 Å². The first-order valence-corrected chi connectivity index (χ1v) is 8.80. The summed E-state index contributed by atoms with van der Waals surface area (Å²) in [6, 6.07) is 0.220. The lowest BCUT2D eigenvalue weighted by molar-refractivity contribution is -0.149. The molecule has 0 aromatic heterocycles. The van der Waals surface area contributed by atoms with Crippen molar-refractivity contribution in [2.45, 2.75) is 71.8 Å². The van der Waals surface area contributed by atoms with Gasteiger partial charge in [-0.1, -0.05) is 32.6 Å². The zero-order valence-corrected chi connectivity index (χ0v) is 14.4. The van der Waals surface area contributed by atoms with Gasteiger partial charge >= 0.3 is 12.0 Å². The SMILES string of the molecule is CCCCCCC(C)NC(=O)N1CCC(C(=O)OCC)CC1. The summed E-state index contributed by atoms with van der Waals surface area (Å²) in [6.07, 6.45) is 7.35. The van der Waals surface area contributed by atoms with Crippen molar-refractivity contribution in [3.63, 3.8) is 0 Å². The Morgan fingerprint density at radius 1 is 1.18 bits per heavy atom. The molecule has 0 spiro atoms. The highest BCUT2D eigenvalue weighted by Gasteiger charge is 2.28. The molecule has 5 heteroatoms. The largest absolute Gasteiger partial charge is 0.466 e. The number of hydrogen-bond acceptors (Lipinski definition) is 3. The zero-order valence-electron chi connectivity index (χ0n) is 14.4. The number of piperidine rings is 1. The molecule has 1 heterocycles. The van der Waals surface area contributed by atoms with Crippen LogP contribution in [0.5, 0.6) is 0 Å². The molecular formula is C17H32N2O3. The minimum absolute atomic E-state index is 0.00491. The summed E-state index contributed by atoms with van der Waals surface area (Å²) in [5.41, 5.74) is 0. The van der Waals surface area contributed by atoms with Crippen LogP contribution in [0.4, 0.5) is 4.79 Å². The number of carbonyl (C=O) groups excluding carboxylic acids is 2. The smallest absolute Gasteiger partial charge is 0.317 e. The van der Waals surface area contributed by atoms with Crippen LogP contribution in [-0.4, -0.2) is 42.6 Å². The molecule has 1 unspecified atom stereocenters. The number of ether oxygens (including phenoxy) is 1. The molecular weight excluding hydrogens is 280 g/mol. The first kappa shape index (κ1) is 18.8. The van der Waals surface area contributed by atoms with E-state index in [0.29, 0.717) is 32.5 Å². The summed E-state index contributed by atoms with van der Waals surface area (Å²) >= 11 is 0. The number of esters is 1. The van der Waals surface area contributed by atoms with E-state index in [1.165, 1.54) is 25.7 Å². The topological polar surface area (TPSA) is 58.6 Å². The third-order valence-corrected chi connectivity index (χ3v) is 4.26. The maximum atomic E-state index is 12.2. The number of hydrogen-bond donors (Lipinski definition) is 1. The van der Waals surface area contributed by atoms with Gasteiger partial charge in [0.15, 0.2) is 0 Å². The lowest BCUT2D eigenvalue weighted by Crippen LogP contribution is -2.48. The minimum Gasteiger partial charge on any atom is -0.466 e. The second-order valence-electron chi connectivity index (χ2n) is 6.21. The van der Waals surface area contributed by atoms with Crippen molar-refractivity contribution in [2.75, 3.05) is 19.7 Å². The highest BCUT2D eigenvalue weighted by atomic mass is 16.5. The normalized spacial score (nSPS) is 17.1. The van der Waals surface area contributed by atoms with E-state index in [-0.39, 0.29) is 24.0 Å². The van der Waals surface area contributed by atoms with Crippen molar-refractivity contribution < 1.29 is 14.3 Å². The lowest BCUT2D eigenvalue weighted by atomic mass is 9.97. The monoisotopic (exact) mass is 312 g/mol. The first-order chi connectivity index (χ1) is 10.6. The number of nitrogens with one attached hydrogen (secondary N) is 1. The fraction of sp³-hybridized carbons (Fsp3) is 0.882. The maximum absolute atomic E-state index is 12.2. The first-order valence-electron chi connectivity index (χ1n) is 8.80. The van der Waals surface area contributed by atoms with Gasteiger partial charge in [-0.2, -0.15) is 0 Å². The Morgan fingerprint density at radius 2 is 1.86 bits per heavy atom. The average molecular weight is 312 g/mol. The molecule has 5 nitrogen and oxygen atoms in total. The molecule has 0 bridgehead atoms. The van der Waals surface area contributed by atoms with Gasteiger partial charge in [-0.3, -0.25) is 4.79 Å². The molecule has 1 atom stereocenters. The molecule has 1 rings (SSSR count). The molecule has 0 aliphatic carbocycles. The fourth-order valence-corrected chi connectivity index (χ4v) is 2.83. The van der Waals surface area contributed by atoms with Crippen LogP contribution in [0, 0.1) is 5.92 Å². The number of amides is 2. The summed E-state index contributed by atoms with van der Waals surface area (Å²) in [7, 11) is 0. The molecule has 22 heavy (non-hydrogen) atoms. The standard InChI is InChI=1S/C17H32N2O3/c1-4-6-7-8-9-14(3)18-17(21)19-12-10-15(11-13-19)16(20)22-5-2/h14-15H,4-13H2,1-3H3,(H,18,21). The Bertz CT molecular complexity index is 339. The van der Waals surface area contributed by atoms with Crippen LogP contribution in [0.3, 0.4) is 0 Å². The Hall–Kier alpha value is -1.26. The van der Waals surface area contributed by atoms with E-state index < -0.39 is 0 Å². The van der Waals surface area contributed by atoms with Gasteiger partial charge in [0, 0.05) is 19.1 Å². The summed E-state index contributed by atoms with van der Waals surface area (Å²) in [5.74, 6) is -0.165. The average Bonchev–Trinajstić information content (AvgIpc) is 2.52. The number of unbranched alkanes of at least 4 members (excludes halogenated alkanes) is 3. The van der Waals surface area contributed by atoms with Gasteiger partial charge in [0.05, 0.1) is 12.5 Å². The van der Waals surface area contributed by atoms with E-state index in [9.17, 15) is 9.59 Å². The van der Waals surface area contributed by atoms with Crippen molar-refractivity contribution in [3.05, 3.63) is 0 Å². The van der Waals surface area contributed by atoms with Crippen molar-refractivity contribution >= 4 is 12.0 Å². The molecule has 0 radical (unpaired) electrons. The van der Waals surface area contributed by atoms with E-state index in [1.807, 2.05) is 11.8 Å². The van der Waals surface area contributed by atoms with Crippen LogP contribution in [-0.2, 0) is 9.53 Å². The highest BCUT2D eigenvalue weighted by molar-refractivity contribution is 5.76. The van der Waals surface area contributed by atoms with Crippen LogP contribution >= 0.6 is 0 Å².